The lowest BCUT2D eigenvalue weighted by Crippen LogP contribution is -2.26. The van der Waals surface area contributed by atoms with Gasteiger partial charge < -0.3 is 10.1 Å². The first-order chi connectivity index (χ1) is 9.65. The Morgan fingerprint density at radius 1 is 1.40 bits per heavy atom. The molecular weight excluding hydrogens is 248 g/mol. The molecule has 1 aliphatic carbocycles. The van der Waals surface area contributed by atoms with E-state index in [-0.39, 0.29) is 6.10 Å². The minimum Gasteiger partial charge on any atom is -0.475 e. The Morgan fingerprint density at radius 2 is 2.25 bits per heavy atom. The van der Waals surface area contributed by atoms with Gasteiger partial charge in [0, 0.05) is 18.3 Å². The smallest absolute Gasteiger partial charge is 0.218 e. The van der Waals surface area contributed by atoms with Gasteiger partial charge in [-0.05, 0) is 51.1 Å². The number of rotatable bonds is 6. The van der Waals surface area contributed by atoms with Crippen LogP contribution in [-0.2, 0) is 6.54 Å². The summed E-state index contributed by atoms with van der Waals surface area (Å²) in [4.78, 5) is 4.33. The van der Waals surface area contributed by atoms with Crippen molar-refractivity contribution in [3.05, 3.63) is 23.9 Å². The van der Waals surface area contributed by atoms with Crippen molar-refractivity contribution in [1.82, 2.24) is 10.3 Å². The highest BCUT2D eigenvalue weighted by atomic mass is 16.5. The molecule has 0 amide bonds. The number of nitrogens with zero attached hydrogens (tertiary/aromatic N) is 1. The van der Waals surface area contributed by atoms with E-state index in [9.17, 15) is 0 Å². The van der Waals surface area contributed by atoms with E-state index in [0.717, 1.165) is 36.4 Å². The average molecular weight is 276 g/mol. The van der Waals surface area contributed by atoms with Gasteiger partial charge in [-0.25, -0.2) is 4.98 Å². The average Bonchev–Trinajstić information content (AvgIpc) is 2.40. The summed E-state index contributed by atoms with van der Waals surface area (Å²) in [6, 6.07) is 4.08. The van der Waals surface area contributed by atoms with E-state index >= 15 is 0 Å². The zero-order chi connectivity index (χ0) is 14.4. The normalized spacial score (nSPS) is 23.0. The lowest BCUT2D eigenvalue weighted by atomic mass is 9.82. The number of ether oxygens (including phenoxy) is 1. The number of hydrogen-bond acceptors (Lipinski definition) is 3. The molecule has 2 unspecified atom stereocenters. The third kappa shape index (κ3) is 4.78. The van der Waals surface area contributed by atoms with Gasteiger partial charge in [-0.15, -0.1) is 0 Å². The fraction of sp³-hybridized carbons (Fsp3) is 0.706. The molecule has 1 aromatic heterocycles. The van der Waals surface area contributed by atoms with Gasteiger partial charge in [0.2, 0.25) is 5.88 Å². The van der Waals surface area contributed by atoms with Crippen molar-refractivity contribution in [3.8, 4) is 5.88 Å². The molecule has 3 heteroatoms. The van der Waals surface area contributed by atoms with Gasteiger partial charge in [-0.3, -0.25) is 0 Å². The van der Waals surface area contributed by atoms with Crippen molar-refractivity contribution in [2.24, 2.45) is 11.8 Å². The van der Waals surface area contributed by atoms with E-state index < -0.39 is 0 Å². The van der Waals surface area contributed by atoms with E-state index in [2.05, 4.69) is 23.3 Å². The monoisotopic (exact) mass is 276 g/mol. The first-order valence-electron chi connectivity index (χ1n) is 7.96. The quantitative estimate of drug-likeness (QED) is 0.858. The number of pyridine rings is 1. The molecule has 0 aromatic carbocycles. The van der Waals surface area contributed by atoms with E-state index in [0.29, 0.717) is 0 Å². The predicted molar refractivity (Wildman–Crippen MR) is 82.8 cm³/mol. The van der Waals surface area contributed by atoms with Crippen LogP contribution in [0.25, 0.3) is 0 Å². The molecule has 2 atom stereocenters. The van der Waals surface area contributed by atoms with Crippen LogP contribution in [0.15, 0.2) is 18.3 Å². The Kier molecular flexibility index (Phi) is 5.84. The number of aromatic nitrogens is 1. The van der Waals surface area contributed by atoms with Crippen molar-refractivity contribution in [2.75, 3.05) is 6.54 Å². The Balaban J connectivity index is 1.81. The zero-order valence-electron chi connectivity index (χ0n) is 13.1. The molecule has 3 nitrogen and oxygen atoms in total. The molecular formula is C17H28N2O. The summed E-state index contributed by atoms with van der Waals surface area (Å²) >= 11 is 0. The van der Waals surface area contributed by atoms with Crippen LogP contribution in [0.1, 0.15) is 52.0 Å². The molecule has 0 spiro atoms. The molecule has 20 heavy (non-hydrogen) atoms. The first-order valence-corrected chi connectivity index (χ1v) is 7.96. The van der Waals surface area contributed by atoms with E-state index in [4.69, 9.17) is 4.74 Å². The molecule has 1 saturated carbocycles. The second-order valence-electron chi connectivity index (χ2n) is 6.40. The highest BCUT2D eigenvalue weighted by molar-refractivity contribution is 5.25. The molecule has 0 saturated heterocycles. The summed E-state index contributed by atoms with van der Waals surface area (Å²) in [6.45, 7) is 8.41. The number of nitrogens with one attached hydrogen (secondary N) is 1. The molecule has 0 bridgehead atoms. The highest BCUT2D eigenvalue weighted by Crippen LogP contribution is 2.28. The summed E-state index contributed by atoms with van der Waals surface area (Å²) in [5, 5.41) is 3.59. The molecule has 2 rings (SSSR count). The molecule has 1 aliphatic rings. The Bertz CT molecular complexity index is 406. The fourth-order valence-corrected chi connectivity index (χ4v) is 3.04. The van der Waals surface area contributed by atoms with Crippen molar-refractivity contribution < 1.29 is 4.74 Å². The summed E-state index contributed by atoms with van der Waals surface area (Å²) in [5.41, 5.74) is 1.16. The van der Waals surface area contributed by atoms with Crippen LogP contribution >= 0.6 is 0 Å². The number of hydrogen-bond donors (Lipinski definition) is 1. The third-order valence-electron chi connectivity index (χ3n) is 3.99. The van der Waals surface area contributed by atoms with Gasteiger partial charge in [0.05, 0.1) is 6.10 Å². The van der Waals surface area contributed by atoms with Crippen LogP contribution in [0.5, 0.6) is 5.88 Å². The summed E-state index contributed by atoms with van der Waals surface area (Å²) < 4.78 is 5.75. The van der Waals surface area contributed by atoms with Crippen LogP contribution in [0.2, 0.25) is 0 Å². The van der Waals surface area contributed by atoms with Crippen LogP contribution in [0.3, 0.4) is 0 Å². The van der Waals surface area contributed by atoms with Crippen LogP contribution < -0.4 is 10.1 Å². The molecule has 1 fully saturated rings. The van der Waals surface area contributed by atoms with Crippen LogP contribution in [0.4, 0.5) is 0 Å². The minimum atomic E-state index is 0.169. The van der Waals surface area contributed by atoms with Gasteiger partial charge >= 0.3 is 0 Å². The van der Waals surface area contributed by atoms with Gasteiger partial charge in [0.25, 0.3) is 0 Å². The minimum absolute atomic E-state index is 0.169. The second kappa shape index (κ2) is 7.63. The van der Waals surface area contributed by atoms with E-state index in [1.165, 1.54) is 25.7 Å². The molecule has 0 aliphatic heterocycles. The molecule has 0 radical (unpaired) electrons. The van der Waals surface area contributed by atoms with E-state index in [1.54, 1.807) is 6.20 Å². The van der Waals surface area contributed by atoms with E-state index in [1.807, 2.05) is 19.9 Å². The largest absolute Gasteiger partial charge is 0.475 e. The maximum Gasteiger partial charge on any atom is 0.218 e. The van der Waals surface area contributed by atoms with Crippen molar-refractivity contribution in [2.45, 2.75) is 59.1 Å². The van der Waals surface area contributed by atoms with Crippen molar-refractivity contribution in [3.63, 3.8) is 0 Å². The van der Waals surface area contributed by atoms with Crippen molar-refractivity contribution in [1.29, 1.82) is 0 Å². The Hall–Kier alpha value is -1.09. The SMILES string of the molecule is CC1CCCC(CNCc2cccnc2OC(C)C)C1. The van der Waals surface area contributed by atoms with Gasteiger partial charge in [0.1, 0.15) is 0 Å². The molecule has 1 N–H and O–H groups in total. The molecule has 1 heterocycles. The van der Waals surface area contributed by atoms with Crippen LogP contribution in [-0.4, -0.2) is 17.6 Å². The zero-order valence-corrected chi connectivity index (χ0v) is 13.1. The molecule has 112 valence electrons. The van der Waals surface area contributed by atoms with Crippen molar-refractivity contribution >= 4 is 0 Å². The topological polar surface area (TPSA) is 34.2 Å². The van der Waals surface area contributed by atoms with Gasteiger partial charge in [-0.1, -0.05) is 25.8 Å². The summed E-state index contributed by atoms with van der Waals surface area (Å²) in [7, 11) is 0. The summed E-state index contributed by atoms with van der Waals surface area (Å²) in [5.74, 6) is 2.51. The Morgan fingerprint density at radius 3 is 3.00 bits per heavy atom. The fourth-order valence-electron chi connectivity index (χ4n) is 3.04. The lowest BCUT2D eigenvalue weighted by Gasteiger charge is -2.27. The molecule has 1 aromatic rings. The second-order valence-corrected chi connectivity index (χ2v) is 6.40. The highest BCUT2D eigenvalue weighted by Gasteiger charge is 2.18. The summed E-state index contributed by atoms with van der Waals surface area (Å²) in [6.07, 6.45) is 7.51. The van der Waals surface area contributed by atoms with Gasteiger partial charge in [0.15, 0.2) is 0 Å². The lowest BCUT2D eigenvalue weighted by molar-refractivity contribution is 0.228. The Labute approximate surface area is 123 Å². The third-order valence-corrected chi connectivity index (χ3v) is 3.99. The maximum absolute atomic E-state index is 5.75. The standard InChI is InChI=1S/C17H28N2O/c1-13(2)20-17-16(8-5-9-19-17)12-18-11-15-7-4-6-14(3)10-15/h5,8-9,13-15,18H,4,6-7,10-12H2,1-3H3. The maximum atomic E-state index is 5.75. The van der Waals surface area contributed by atoms with Gasteiger partial charge in [-0.2, -0.15) is 0 Å². The predicted octanol–water partition coefficient (Wildman–Crippen LogP) is 3.78. The van der Waals surface area contributed by atoms with Crippen LogP contribution in [0, 0.1) is 11.8 Å². The first kappa shape index (κ1) is 15.3.